The third-order valence-electron chi connectivity index (χ3n) is 19.0. The van der Waals surface area contributed by atoms with Crippen LogP contribution in [0.15, 0.2) is 309 Å². The predicted octanol–water partition coefficient (Wildman–Crippen LogP) is 16.0. The summed E-state index contributed by atoms with van der Waals surface area (Å²) in [6.07, 6.45) is 0. The van der Waals surface area contributed by atoms with Gasteiger partial charge < -0.3 is 34.0 Å². The van der Waals surface area contributed by atoms with E-state index in [1.54, 1.807) is 0 Å². The third kappa shape index (κ3) is 7.94. The zero-order chi connectivity index (χ0) is 59.6. The highest BCUT2D eigenvalue weighted by Gasteiger charge is 2.50. The van der Waals surface area contributed by atoms with E-state index in [4.69, 9.17) is 9.47 Å². The lowest BCUT2D eigenvalue weighted by Gasteiger charge is -2.46. The first-order chi connectivity index (χ1) is 44.4. The van der Waals surface area contributed by atoms with Crippen molar-refractivity contribution in [2.24, 2.45) is 0 Å². The largest absolute Gasteiger partial charge is 0.458 e. The molecule has 0 bridgehead atoms. The maximum Gasteiger partial charge on any atom is 0.256 e. The minimum atomic E-state index is -2.58. The molecule has 0 amide bonds. The molecule has 0 N–H and O–H groups in total. The number of benzene rings is 13. The minimum absolute atomic E-state index is 0.194. The van der Waals surface area contributed by atoms with E-state index in [-0.39, 0.29) is 13.4 Å². The molecule has 90 heavy (non-hydrogen) atoms. The fourth-order valence-electron chi connectivity index (χ4n) is 15.2. The summed E-state index contributed by atoms with van der Waals surface area (Å²) in [5.41, 5.74) is 23.1. The standard InChI is InChI=1S/C80H57B2N5O2Si/c1-90(2)76-45-27-25-43-67(76)85(58-36-18-7-19-37-58)68-47-46-64-79(80(68)90)89-75-51-62(84(56-32-14-5-15-33-56)57-34-16-6-17-35-57)49-72-78(75)82(64)66-52-65-69(53-70(66)87(72)60-40-22-9-23-41-60)86(59-38-20-8-21-39-59)71-48-61(50-74-77(71)81(65)63-42-24-26-44-73(63)88-74)83(54-28-10-3-11-29-54)55-30-12-4-13-31-55/h3-53H,1-2H3. The first-order valence-electron chi connectivity index (χ1n) is 31.1. The Balaban J connectivity index is 0.950. The van der Waals surface area contributed by atoms with Crippen LogP contribution in [0.1, 0.15) is 0 Å². The summed E-state index contributed by atoms with van der Waals surface area (Å²) in [6.45, 7) is 4.59. The molecule has 0 fully saturated rings. The van der Waals surface area contributed by atoms with E-state index in [0.29, 0.717) is 0 Å². The minimum Gasteiger partial charge on any atom is -0.458 e. The highest BCUT2D eigenvalue weighted by Crippen LogP contribution is 2.51. The summed E-state index contributed by atoms with van der Waals surface area (Å²) in [7, 11) is -2.58. The second-order valence-corrected chi connectivity index (χ2v) is 28.7. The number of anilines is 15. The van der Waals surface area contributed by atoms with Gasteiger partial charge in [0.15, 0.2) is 0 Å². The van der Waals surface area contributed by atoms with Crippen molar-refractivity contribution < 1.29 is 9.47 Å². The van der Waals surface area contributed by atoms with Gasteiger partial charge in [0.2, 0.25) is 0 Å². The van der Waals surface area contributed by atoms with E-state index in [1.807, 2.05) is 0 Å². The number of ether oxygens (including phenoxy) is 2. The van der Waals surface area contributed by atoms with Crippen molar-refractivity contribution in [3.05, 3.63) is 309 Å². The lowest BCUT2D eigenvalue weighted by molar-refractivity contribution is 0.487. The van der Waals surface area contributed by atoms with Crippen LogP contribution in [-0.2, 0) is 0 Å². The molecule has 5 heterocycles. The molecule has 0 unspecified atom stereocenters. The van der Waals surface area contributed by atoms with Gasteiger partial charge in [0.05, 0.1) is 11.4 Å². The quantitative estimate of drug-likeness (QED) is 0.133. The number of fused-ring (bicyclic) bond motifs is 11. The summed E-state index contributed by atoms with van der Waals surface area (Å²) < 4.78 is 15.3. The number of nitrogens with zero attached hydrogens (tertiary/aromatic N) is 5. The molecule has 424 valence electrons. The van der Waals surface area contributed by atoms with Gasteiger partial charge in [-0.1, -0.05) is 189 Å². The molecular weight excluding hydrogens is 1110 g/mol. The first-order valence-corrected chi connectivity index (χ1v) is 34.1. The van der Waals surface area contributed by atoms with Crippen LogP contribution in [0.2, 0.25) is 13.1 Å². The van der Waals surface area contributed by atoms with Crippen LogP contribution in [-0.4, -0.2) is 21.5 Å². The highest BCUT2D eigenvalue weighted by molar-refractivity contribution is 7.05. The van der Waals surface area contributed by atoms with Crippen LogP contribution in [0, 0.1) is 0 Å². The Morgan fingerprint density at radius 2 is 0.689 bits per heavy atom. The van der Waals surface area contributed by atoms with E-state index in [9.17, 15) is 0 Å². The van der Waals surface area contributed by atoms with E-state index in [2.05, 4.69) is 347 Å². The van der Waals surface area contributed by atoms with Crippen LogP contribution in [0.3, 0.4) is 0 Å². The van der Waals surface area contributed by atoms with Crippen LogP contribution in [0.4, 0.5) is 85.3 Å². The lowest BCUT2D eigenvalue weighted by Crippen LogP contribution is -2.65. The number of para-hydroxylation sites is 9. The van der Waals surface area contributed by atoms with Crippen molar-refractivity contribution in [1.82, 2.24) is 0 Å². The molecule has 0 saturated carbocycles. The monoisotopic (exact) mass is 1170 g/mol. The Hall–Kier alpha value is -11.2. The highest BCUT2D eigenvalue weighted by atomic mass is 28.3. The van der Waals surface area contributed by atoms with Gasteiger partial charge in [0.25, 0.3) is 13.4 Å². The summed E-state index contributed by atoms with van der Waals surface area (Å²) in [6, 6.07) is 113. The average molecular weight is 1170 g/mol. The zero-order valence-electron chi connectivity index (χ0n) is 49.7. The molecule has 0 aliphatic carbocycles. The zero-order valence-corrected chi connectivity index (χ0v) is 50.7. The number of hydrogen-bond acceptors (Lipinski definition) is 7. The summed E-state index contributed by atoms with van der Waals surface area (Å²) in [5, 5.41) is 2.66. The molecule has 13 aromatic carbocycles. The predicted molar refractivity (Wildman–Crippen MR) is 379 cm³/mol. The maximum atomic E-state index is 7.99. The van der Waals surface area contributed by atoms with Crippen molar-refractivity contribution in [2.75, 3.05) is 24.5 Å². The molecule has 0 saturated heterocycles. The normalized spacial score (nSPS) is 13.8. The van der Waals surface area contributed by atoms with Gasteiger partial charge in [-0.15, -0.1) is 0 Å². The van der Waals surface area contributed by atoms with E-state index >= 15 is 0 Å². The lowest BCUT2D eigenvalue weighted by atomic mass is 9.31. The van der Waals surface area contributed by atoms with Gasteiger partial charge in [-0.25, -0.2) is 0 Å². The molecule has 0 aromatic heterocycles. The molecule has 0 radical (unpaired) electrons. The fourth-order valence-corrected chi connectivity index (χ4v) is 18.5. The molecule has 5 aliphatic rings. The summed E-state index contributed by atoms with van der Waals surface area (Å²) >= 11 is 0. The SMILES string of the molecule is C[Si]1(C)c2ccccc2N(c2ccccc2)c2ccc3c(c21)Oc1cc(N(c2ccccc2)c2ccccc2)cc2c1B3c1cc3c(cc1N2c1ccccc1)N(c1ccccc1)c1cc(N(c2ccccc2)c2ccccc2)cc2c1B3c1ccccc1O2. The van der Waals surface area contributed by atoms with Crippen molar-refractivity contribution >= 4 is 150 Å². The Morgan fingerprint density at radius 3 is 1.18 bits per heavy atom. The number of hydrogen-bond donors (Lipinski definition) is 0. The molecule has 13 aromatic rings. The van der Waals surface area contributed by atoms with Gasteiger partial charge in [0.1, 0.15) is 31.1 Å². The van der Waals surface area contributed by atoms with Crippen molar-refractivity contribution in [2.45, 2.75) is 13.1 Å². The van der Waals surface area contributed by atoms with Crippen LogP contribution >= 0.6 is 0 Å². The maximum absolute atomic E-state index is 7.99. The molecule has 7 nitrogen and oxygen atoms in total. The van der Waals surface area contributed by atoms with Crippen molar-refractivity contribution in [1.29, 1.82) is 0 Å². The van der Waals surface area contributed by atoms with E-state index in [0.717, 1.165) is 124 Å². The van der Waals surface area contributed by atoms with Crippen LogP contribution in [0.25, 0.3) is 0 Å². The third-order valence-corrected chi connectivity index (χ3v) is 22.5. The Bertz CT molecular complexity index is 4890. The molecule has 10 heteroatoms. The van der Waals surface area contributed by atoms with Crippen molar-refractivity contribution in [3.63, 3.8) is 0 Å². The van der Waals surface area contributed by atoms with Crippen LogP contribution < -0.4 is 77.1 Å². The molecular formula is C80H57B2N5O2Si. The Morgan fingerprint density at radius 1 is 0.289 bits per heavy atom. The van der Waals surface area contributed by atoms with Crippen molar-refractivity contribution in [3.8, 4) is 23.0 Å². The molecule has 18 rings (SSSR count). The Labute approximate surface area is 526 Å². The smallest absolute Gasteiger partial charge is 0.256 e. The second-order valence-electron chi connectivity index (χ2n) is 24.4. The summed E-state index contributed by atoms with van der Waals surface area (Å²) in [5.74, 6) is 3.48. The summed E-state index contributed by atoms with van der Waals surface area (Å²) in [4.78, 5) is 12.2. The van der Waals surface area contributed by atoms with Gasteiger partial charge >= 0.3 is 0 Å². The van der Waals surface area contributed by atoms with Gasteiger partial charge in [-0.2, -0.15) is 0 Å². The molecule has 0 spiro atoms. The first kappa shape index (κ1) is 52.0. The van der Waals surface area contributed by atoms with Gasteiger partial charge in [0, 0.05) is 91.3 Å². The average Bonchev–Trinajstić information content (AvgIpc) is 0.691. The molecule has 5 aliphatic heterocycles. The van der Waals surface area contributed by atoms with E-state index < -0.39 is 8.07 Å². The Kier molecular flexibility index (Phi) is 11.8. The van der Waals surface area contributed by atoms with Crippen LogP contribution in [0.5, 0.6) is 23.0 Å². The number of rotatable bonds is 9. The van der Waals surface area contributed by atoms with Gasteiger partial charge in [-0.3, -0.25) is 0 Å². The second kappa shape index (κ2) is 20.5. The van der Waals surface area contributed by atoms with E-state index in [1.165, 1.54) is 27.0 Å². The molecule has 0 atom stereocenters. The topological polar surface area (TPSA) is 34.7 Å². The fraction of sp³-hybridized carbons (Fsp3) is 0.0250. The van der Waals surface area contributed by atoms with Gasteiger partial charge in [-0.05, 0) is 159 Å².